The standard InChI is InChI=1S/C38H21N3S2/c1-2-11-24-21-25(18-17-22(24)9-1)32-29-20-19-23-10-3-4-12-26(23)33(29)40-38(39-32)41-34-27-13-5-7-15-30(27)42-36(34)37-35(41)28-14-6-8-16-31(28)43-37/h1-21H. The second-order valence-corrected chi connectivity index (χ2v) is 13.1. The first-order valence-electron chi connectivity index (χ1n) is 14.3. The van der Waals surface area contributed by atoms with Crippen molar-refractivity contribution >= 4 is 95.7 Å². The zero-order valence-electron chi connectivity index (χ0n) is 22.8. The van der Waals surface area contributed by atoms with Crippen LogP contribution in [-0.4, -0.2) is 14.5 Å². The Kier molecular flexibility index (Phi) is 4.75. The van der Waals surface area contributed by atoms with Gasteiger partial charge in [0.05, 0.1) is 31.6 Å². The zero-order valence-corrected chi connectivity index (χ0v) is 24.4. The van der Waals surface area contributed by atoms with Crippen LogP contribution in [0.4, 0.5) is 0 Å². The van der Waals surface area contributed by atoms with Crippen LogP contribution in [0.3, 0.4) is 0 Å². The lowest BCUT2D eigenvalue weighted by Gasteiger charge is -2.14. The van der Waals surface area contributed by atoms with Gasteiger partial charge in [0.2, 0.25) is 5.95 Å². The third-order valence-electron chi connectivity index (χ3n) is 8.59. The Morgan fingerprint density at radius 1 is 0.465 bits per heavy atom. The summed E-state index contributed by atoms with van der Waals surface area (Å²) >= 11 is 3.73. The molecule has 10 rings (SSSR count). The monoisotopic (exact) mass is 583 g/mol. The molecular weight excluding hydrogens is 563 g/mol. The number of benzene rings is 6. The first kappa shape index (κ1) is 23.5. The Morgan fingerprint density at radius 3 is 1.77 bits per heavy atom. The minimum atomic E-state index is 0.708. The number of thiophene rings is 2. The lowest BCUT2D eigenvalue weighted by molar-refractivity contribution is 1.02. The van der Waals surface area contributed by atoms with Crippen LogP contribution in [0.1, 0.15) is 0 Å². The van der Waals surface area contributed by atoms with E-state index < -0.39 is 0 Å². The second kappa shape index (κ2) is 8.71. The molecule has 6 aromatic carbocycles. The molecule has 0 saturated heterocycles. The summed E-state index contributed by atoms with van der Waals surface area (Å²) in [6.45, 7) is 0. The molecule has 0 aliphatic rings. The van der Waals surface area contributed by atoms with Crippen molar-refractivity contribution in [2.45, 2.75) is 0 Å². The summed E-state index contributed by atoms with van der Waals surface area (Å²) in [6.07, 6.45) is 0. The molecule has 3 nitrogen and oxygen atoms in total. The molecule has 0 aliphatic carbocycles. The summed E-state index contributed by atoms with van der Waals surface area (Å²) in [4.78, 5) is 10.9. The van der Waals surface area contributed by atoms with Gasteiger partial charge in [0.25, 0.3) is 0 Å². The number of hydrogen-bond donors (Lipinski definition) is 0. The van der Waals surface area contributed by atoms with Crippen LogP contribution in [0.2, 0.25) is 0 Å². The van der Waals surface area contributed by atoms with Crippen molar-refractivity contribution in [1.82, 2.24) is 14.5 Å². The maximum atomic E-state index is 5.46. The van der Waals surface area contributed by atoms with Crippen LogP contribution >= 0.6 is 22.7 Å². The van der Waals surface area contributed by atoms with E-state index in [1.807, 2.05) is 22.7 Å². The maximum Gasteiger partial charge on any atom is 0.235 e. The summed E-state index contributed by atoms with van der Waals surface area (Å²) in [5.74, 6) is 0.708. The van der Waals surface area contributed by atoms with Gasteiger partial charge in [-0.1, -0.05) is 103 Å². The second-order valence-electron chi connectivity index (χ2n) is 11.0. The van der Waals surface area contributed by atoms with E-state index in [-0.39, 0.29) is 0 Å². The summed E-state index contributed by atoms with van der Waals surface area (Å²) in [7, 11) is 0. The number of nitrogens with zero attached hydrogens (tertiary/aromatic N) is 3. The fraction of sp³-hybridized carbons (Fsp3) is 0. The van der Waals surface area contributed by atoms with Gasteiger partial charge < -0.3 is 0 Å². The highest BCUT2D eigenvalue weighted by Gasteiger charge is 2.24. The van der Waals surface area contributed by atoms with Crippen LogP contribution in [0.5, 0.6) is 0 Å². The maximum absolute atomic E-state index is 5.46. The van der Waals surface area contributed by atoms with Crippen LogP contribution in [0, 0.1) is 0 Å². The largest absolute Gasteiger partial charge is 0.275 e. The lowest BCUT2D eigenvalue weighted by atomic mass is 10.00. The average molecular weight is 584 g/mol. The van der Waals surface area contributed by atoms with Crippen molar-refractivity contribution in [3.63, 3.8) is 0 Å². The van der Waals surface area contributed by atoms with E-state index in [0.29, 0.717) is 5.95 Å². The summed E-state index contributed by atoms with van der Waals surface area (Å²) in [6, 6.07) is 45.5. The molecule has 0 fully saturated rings. The number of fused-ring (bicyclic) bond motifs is 11. The van der Waals surface area contributed by atoms with Crippen LogP contribution in [0.25, 0.3) is 90.3 Å². The summed E-state index contributed by atoms with van der Waals surface area (Å²) in [5, 5.41) is 8.27. The first-order chi connectivity index (χ1) is 21.3. The Hall–Kier alpha value is -5.10. The quantitative estimate of drug-likeness (QED) is 0.190. The zero-order chi connectivity index (χ0) is 28.1. The van der Waals surface area contributed by atoms with Crippen molar-refractivity contribution in [3.8, 4) is 17.2 Å². The number of rotatable bonds is 2. The number of hydrogen-bond acceptors (Lipinski definition) is 4. The van der Waals surface area contributed by atoms with E-state index in [1.54, 1.807) is 0 Å². The molecule has 0 radical (unpaired) electrons. The van der Waals surface area contributed by atoms with Gasteiger partial charge in [0, 0.05) is 36.5 Å². The molecule has 4 aromatic heterocycles. The van der Waals surface area contributed by atoms with Gasteiger partial charge in [-0.3, -0.25) is 4.57 Å². The van der Waals surface area contributed by atoms with Crippen molar-refractivity contribution in [2.24, 2.45) is 0 Å². The van der Waals surface area contributed by atoms with Gasteiger partial charge in [0.1, 0.15) is 0 Å². The van der Waals surface area contributed by atoms with Crippen LogP contribution < -0.4 is 0 Å². The minimum Gasteiger partial charge on any atom is -0.275 e. The SMILES string of the molecule is c1ccc2cc(-c3nc(-n4c5c6ccccc6sc5c5sc6ccccc6c54)nc4c3ccc3ccccc34)ccc2c1. The van der Waals surface area contributed by atoms with Crippen molar-refractivity contribution < 1.29 is 0 Å². The molecular formula is C38H21N3S2. The van der Waals surface area contributed by atoms with Gasteiger partial charge in [-0.2, -0.15) is 0 Å². The van der Waals surface area contributed by atoms with Crippen molar-refractivity contribution in [1.29, 1.82) is 0 Å². The Balaban J connectivity index is 1.41. The third kappa shape index (κ3) is 3.29. The minimum absolute atomic E-state index is 0.708. The molecule has 0 amide bonds. The highest BCUT2D eigenvalue weighted by Crippen LogP contribution is 2.48. The highest BCUT2D eigenvalue weighted by molar-refractivity contribution is 7.33. The van der Waals surface area contributed by atoms with Crippen LogP contribution in [-0.2, 0) is 0 Å². The fourth-order valence-corrected chi connectivity index (χ4v) is 9.14. The lowest BCUT2D eigenvalue weighted by Crippen LogP contribution is -2.03. The molecule has 10 aromatic rings. The van der Waals surface area contributed by atoms with Crippen LogP contribution in [0.15, 0.2) is 127 Å². The Bertz CT molecular complexity index is 2660. The van der Waals surface area contributed by atoms with E-state index in [4.69, 9.17) is 9.97 Å². The molecule has 0 N–H and O–H groups in total. The van der Waals surface area contributed by atoms with E-state index in [9.17, 15) is 0 Å². The van der Waals surface area contributed by atoms with Gasteiger partial charge >= 0.3 is 0 Å². The summed E-state index contributed by atoms with van der Waals surface area (Å²) < 4.78 is 7.49. The molecule has 4 heterocycles. The molecule has 200 valence electrons. The predicted octanol–water partition coefficient (Wildman–Crippen LogP) is 11.1. The highest BCUT2D eigenvalue weighted by atomic mass is 32.1. The summed E-state index contributed by atoms with van der Waals surface area (Å²) in [5.41, 5.74) is 5.40. The third-order valence-corrected chi connectivity index (χ3v) is 11.1. The molecule has 5 heteroatoms. The molecule has 0 spiro atoms. The Morgan fingerprint density at radius 2 is 1.05 bits per heavy atom. The van der Waals surface area contributed by atoms with E-state index >= 15 is 0 Å². The topological polar surface area (TPSA) is 30.7 Å². The van der Waals surface area contributed by atoms with E-state index in [2.05, 4.69) is 132 Å². The predicted molar refractivity (Wildman–Crippen MR) is 185 cm³/mol. The first-order valence-corrected chi connectivity index (χ1v) is 16.0. The molecule has 0 bridgehead atoms. The van der Waals surface area contributed by atoms with Gasteiger partial charge in [0.15, 0.2) is 0 Å². The molecule has 0 unspecified atom stereocenters. The molecule has 43 heavy (non-hydrogen) atoms. The van der Waals surface area contributed by atoms with Gasteiger partial charge in [-0.25, -0.2) is 9.97 Å². The van der Waals surface area contributed by atoms with E-state index in [1.165, 1.54) is 56.8 Å². The van der Waals surface area contributed by atoms with Gasteiger partial charge in [-0.05, 0) is 40.4 Å². The van der Waals surface area contributed by atoms with Gasteiger partial charge in [-0.15, -0.1) is 22.7 Å². The Labute approximate surface area is 253 Å². The average Bonchev–Trinajstić information content (AvgIpc) is 3.72. The molecule has 0 saturated carbocycles. The molecule has 0 aliphatic heterocycles. The normalized spacial score (nSPS) is 12.2. The van der Waals surface area contributed by atoms with E-state index in [0.717, 1.165) is 27.5 Å². The molecule has 0 atom stereocenters. The van der Waals surface area contributed by atoms with Crippen molar-refractivity contribution in [3.05, 3.63) is 127 Å². The smallest absolute Gasteiger partial charge is 0.235 e. The fourth-order valence-electron chi connectivity index (χ4n) is 6.64. The number of aromatic nitrogens is 3. The van der Waals surface area contributed by atoms with Crippen molar-refractivity contribution in [2.75, 3.05) is 0 Å².